The van der Waals surface area contributed by atoms with E-state index in [0.29, 0.717) is 30.4 Å². The van der Waals surface area contributed by atoms with E-state index in [-0.39, 0.29) is 12.5 Å². The maximum Gasteiger partial charge on any atom is 0.319 e. The summed E-state index contributed by atoms with van der Waals surface area (Å²) in [6.07, 6.45) is 0. The molecule has 6 heteroatoms. The molecule has 1 aromatic rings. The Labute approximate surface area is 119 Å². The molecule has 0 aliphatic heterocycles. The molecule has 20 heavy (non-hydrogen) atoms. The van der Waals surface area contributed by atoms with Crippen molar-refractivity contribution in [3.05, 3.63) is 17.7 Å². The zero-order valence-corrected chi connectivity index (χ0v) is 12.3. The lowest BCUT2D eigenvalue weighted by Gasteiger charge is -2.15. The molecule has 0 fully saturated rings. The molecule has 0 saturated heterocycles. The number of benzene rings is 1. The van der Waals surface area contributed by atoms with Crippen molar-refractivity contribution in [2.24, 2.45) is 0 Å². The van der Waals surface area contributed by atoms with E-state index in [4.69, 9.17) is 18.9 Å². The molecular weight excluding hydrogens is 262 g/mol. The van der Waals surface area contributed by atoms with Crippen molar-refractivity contribution in [3.63, 3.8) is 0 Å². The van der Waals surface area contributed by atoms with Crippen molar-refractivity contribution in [1.82, 2.24) is 5.32 Å². The van der Waals surface area contributed by atoms with E-state index in [1.54, 1.807) is 34.3 Å². The molecule has 6 nitrogen and oxygen atoms in total. The Balaban J connectivity index is 2.77. The fourth-order valence-electron chi connectivity index (χ4n) is 1.81. The van der Waals surface area contributed by atoms with Crippen molar-refractivity contribution in [2.75, 3.05) is 34.5 Å². The van der Waals surface area contributed by atoms with Crippen molar-refractivity contribution < 1.29 is 23.7 Å². The molecular formula is C14H21NO5. The van der Waals surface area contributed by atoms with Crippen LogP contribution in [0.25, 0.3) is 0 Å². The van der Waals surface area contributed by atoms with Gasteiger partial charge in [-0.1, -0.05) is 6.07 Å². The lowest BCUT2D eigenvalue weighted by Crippen LogP contribution is -2.24. The lowest BCUT2D eigenvalue weighted by molar-refractivity contribution is -0.142. The quantitative estimate of drug-likeness (QED) is 0.727. The van der Waals surface area contributed by atoms with Gasteiger partial charge in [-0.05, 0) is 13.0 Å². The summed E-state index contributed by atoms with van der Waals surface area (Å²) in [7, 11) is 4.68. The number of carbonyl (C=O) groups excluding carboxylic acids is 1. The van der Waals surface area contributed by atoms with E-state index in [9.17, 15) is 4.79 Å². The summed E-state index contributed by atoms with van der Waals surface area (Å²) in [5.74, 6) is 1.43. The standard InChI is InChI=1S/C14H21NO5/c1-5-20-12(16)9-15-8-10-6-7-11(17-2)14(19-4)13(10)18-3/h6-7,15H,5,8-9H2,1-4H3. The molecule has 112 valence electrons. The molecule has 0 radical (unpaired) electrons. The summed E-state index contributed by atoms with van der Waals surface area (Å²) in [5.41, 5.74) is 0.870. The maximum absolute atomic E-state index is 11.3. The first-order valence-electron chi connectivity index (χ1n) is 6.32. The third-order valence-corrected chi connectivity index (χ3v) is 2.68. The molecule has 0 aliphatic carbocycles. The fourth-order valence-corrected chi connectivity index (χ4v) is 1.81. The molecule has 0 aromatic heterocycles. The van der Waals surface area contributed by atoms with E-state index in [1.807, 2.05) is 6.07 Å². The van der Waals surface area contributed by atoms with Gasteiger partial charge in [-0.2, -0.15) is 0 Å². The van der Waals surface area contributed by atoms with Crippen LogP contribution in [0.15, 0.2) is 12.1 Å². The van der Waals surface area contributed by atoms with Crippen LogP contribution in [0.1, 0.15) is 12.5 Å². The Morgan fingerprint density at radius 1 is 1.10 bits per heavy atom. The van der Waals surface area contributed by atoms with E-state index >= 15 is 0 Å². The van der Waals surface area contributed by atoms with Crippen molar-refractivity contribution >= 4 is 5.97 Å². The van der Waals surface area contributed by atoms with Gasteiger partial charge in [0.1, 0.15) is 0 Å². The Hall–Kier alpha value is -1.95. The summed E-state index contributed by atoms with van der Waals surface area (Å²) < 4.78 is 20.7. The maximum atomic E-state index is 11.3. The van der Waals surface area contributed by atoms with Crippen LogP contribution in [0.3, 0.4) is 0 Å². The minimum atomic E-state index is -0.285. The van der Waals surface area contributed by atoms with Gasteiger partial charge in [0.15, 0.2) is 11.5 Å². The third kappa shape index (κ3) is 4.03. The molecule has 0 saturated carbocycles. The first kappa shape index (κ1) is 16.1. The van der Waals surface area contributed by atoms with Crippen LogP contribution in [-0.2, 0) is 16.1 Å². The summed E-state index contributed by atoms with van der Waals surface area (Å²) in [5, 5.41) is 3.00. The number of methoxy groups -OCH3 is 3. The third-order valence-electron chi connectivity index (χ3n) is 2.68. The number of nitrogens with one attached hydrogen (secondary N) is 1. The molecule has 0 aliphatic rings. The number of ether oxygens (including phenoxy) is 4. The average molecular weight is 283 g/mol. The summed E-state index contributed by atoms with van der Waals surface area (Å²) in [6, 6.07) is 3.65. The Morgan fingerprint density at radius 2 is 1.80 bits per heavy atom. The zero-order valence-electron chi connectivity index (χ0n) is 12.3. The van der Waals surface area contributed by atoms with E-state index < -0.39 is 0 Å². The van der Waals surface area contributed by atoms with Gasteiger partial charge in [-0.15, -0.1) is 0 Å². The number of carbonyl (C=O) groups is 1. The molecule has 1 N–H and O–H groups in total. The molecule has 1 aromatic carbocycles. The summed E-state index contributed by atoms with van der Waals surface area (Å²) in [6.45, 7) is 2.75. The first-order valence-corrected chi connectivity index (χ1v) is 6.32. The fraction of sp³-hybridized carbons (Fsp3) is 0.500. The van der Waals surface area contributed by atoms with Crippen molar-refractivity contribution in [1.29, 1.82) is 0 Å². The van der Waals surface area contributed by atoms with Crippen LogP contribution in [0.4, 0.5) is 0 Å². The van der Waals surface area contributed by atoms with E-state index in [2.05, 4.69) is 5.32 Å². The predicted octanol–water partition coefficient (Wildman–Crippen LogP) is 1.37. The van der Waals surface area contributed by atoms with E-state index in [1.165, 1.54) is 0 Å². The Morgan fingerprint density at radius 3 is 2.35 bits per heavy atom. The van der Waals surface area contributed by atoms with E-state index in [0.717, 1.165) is 5.56 Å². The second-order valence-corrected chi connectivity index (χ2v) is 3.90. The van der Waals surface area contributed by atoms with Crippen LogP contribution < -0.4 is 19.5 Å². The Kier molecular flexibility index (Phi) is 6.66. The SMILES string of the molecule is CCOC(=O)CNCc1ccc(OC)c(OC)c1OC. The van der Waals surface area contributed by atoms with Gasteiger partial charge < -0.3 is 24.3 Å². The highest BCUT2D eigenvalue weighted by Gasteiger charge is 2.15. The second kappa shape index (κ2) is 8.27. The topological polar surface area (TPSA) is 66.0 Å². The molecule has 0 spiro atoms. The summed E-state index contributed by atoms with van der Waals surface area (Å²) in [4.78, 5) is 11.3. The molecule has 0 bridgehead atoms. The highest BCUT2D eigenvalue weighted by molar-refractivity contribution is 5.71. The highest BCUT2D eigenvalue weighted by atomic mass is 16.5. The second-order valence-electron chi connectivity index (χ2n) is 3.90. The normalized spacial score (nSPS) is 10.0. The minimum absolute atomic E-state index is 0.144. The monoisotopic (exact) mass is 283 g/mol. The van der Waals surface area contributed by atoms with Gasteiger partial charge in [0.2, 0.25) is 5.75 Å². The largest absolute Gasteiger partial charge is 0.493 e. The Bertz CT molecular complexity index is 447. The minimum Gasteiger partial charge on any atom is -0.493 e. The van der Waals surface area contributed by atoms with Crippen LogP contribution in [-0.4, -0.2) is 40.5 Å². The molecule has 1 rings (SSSR count). The van der Waals surface area contributed by atoms with Crippen LogP contribution in [0, 0.1) is 0 Å². The lowest BCUT2D eigenvalue weighted by atomic mass is 10.1. The van der Waals surface area contributed by atoms with Gasteiger partial charge in [0, 0.05) is 12.1 Å². The van der Waals surface area contributed by atoms with Gasteiger partial charge >= 0.3 is 5.97 Å². The number of hydrogen-bond acceptors (Lipinski definition) is 6. The van der Waals surface area contributed by atoms with Crippen LogP contribution in [0.2, 0.25) is 0 Å². The average Bonchev–Trinajstić information content (AvgIpc) is 2.46. The van der Waals surface area contributed by atoms with Gasteiger partial charge in [0.25, 0.3) is 0 Å². The van der Waals surface area contributed by atoms with Crippen molar-refractivity contribution in [2.45, 2.75) is 13.5 Å². The highest BCUT2D eigenvalue weighted by Crippen LogP contribution is 2.39. The number of esters is 1. The number of rotatable bonds is 8. The first-order chi connectivity index (χ1) is 9.67. The number of hydrogen-bond donors (Lipinski definition) is 1. The smallest absolute Gasteiger partial charge is 0.319 e. The summed E-state index contributed by atoms with van der Waals surface area (Å²) >= 11 is 0. The van der Waals surface area contributed by atoms with Gasteiger partial charge in [0.05, 0.1) is 34.5 Å². The van der Waals surface area contributed by atoms with Crippen LogP contribution in [0.5, 0.6) is 17.2 Å². The zero-order chi connectivity index (χ0) is 15.0. The van der Waals surface area contributed by atoms with Crippen LogP contribution >= 0.6 is 0 Å². The molecule has 0 atom stereocenters. The molecule has 0 heterocycles. The molecule has 0 unspecified atom stereocenters. The van der Waals surface area contributed by atoms with Gasteiger partial charge in [-0.3, -0.25) is 4.79 Å². The van der Waals surface area contributed by atoms with Gasteiger partial charge in [-0.25, -0.2) is 0 Å². The molecule has 0 amide bonds. The predicted molar refractivity (Wildman–Crippen MR) is 74.4 cm³/mol. The van der Waals surface area contributed by atoms with Crippen molar-refractivity contribution in [3.8, 4) is 17.2 Å².